The molecule has 1 unspecified atom stereocenters. The van der Waals surface area contributed by atoms with Crippen LogP contribution in [0.15, 0.2) is 36.5 Å². The first-order chi connectivity index (χ1) is 15.0. The van der Waals surface area contributed by atoms with Crippen LogP contribution in [-0.2, 0) is 4.79 Å². The van der Waals surface area contributed by atoms with Gasteiger partial charge in [-0.1, -0.05) is 0 Å². The molecule has 0 spiro atoms. The second-order valence-electron chi connectivity index (χ2n) is 7.16. The van der Waals surface area contributed by atoms with Crippen LogP contribution in [0.2, 0.25) is 0 Å². The SMILES string of the molecule is COc1cc(-c2cc3ncccc3c(NCCC(C)NC(C)=O)n2)cc(OC)c1OC. The lowest BCUT2D eigenvalue weighted by molar-refractivity contribution is -0.119. The van der Waals surface area contributed by atoms with Gasteiger partial charge in [0.15, 0.2) is 11.5 Å². The maximum Gasteiger partial charge on any atom is 0.217 e. The van der Waals surface area contributed by atoms with Crippen molar-refractivity contribution in [2.45, 2.75) is 26.3 Å². The highest BCUT2D eigenvalue weighted by atomic mass is 16.5. The normalized spacial score (nSPS) is 11.6. The molecule has 1 atom stereocenters. The highest BCUT2D eigenvalue weighted by molar-refractivity contribution is 5.92. The Balaban J connectivity index is 1.98. The van der Waals surface area contributed by atoms with Crippen LogP contribution in [0.5, 0.6) is 17.2 Å². The van der Waals surface area contributed by atoms with Gasteiger partial charge < -0.3 is 24.8 Å². The van der Waals surface area contributed by atoms with E-state index >= 15 is 0 Å². The number of methoxy groups -OCH3 is 3. The fraction of sp³-hybridized carbons (Fsp3) is 0.348. The highest BCUT2D eigenvalue weighted by Gasteiger charge is 2.16. The number of rotatable bonds is 9. The summed E-state index contributed by atoms with van der Waals surface area (Å²) in [7, 11) is 4.74. The lowest BCUT2D eigenvalue weighted by Crippen LogP contribution is -2.31. The standard InChI is InChI=1S/C23H28N4O4/c1-14(26-15(2)28)8-10-25-23-17-7-6-9-24-19(17)13-18(27-23)16-11-20(29-3)22(31-5)21(12-16)30-4/h6-7,9,11-14H,8,10H2,1-5H3,(H,25,27)(H,26,28). The quantitative estimate of drug-likeness (QED) is 0.541. The molecule has 0 saturated carbocycles. The lowest BCUT2D eigenvalue weighted by Gasteiger charge is -2.16. The number of hydrogen-bond donors (Lipinski definition) is 2. The topological polar surface area (TPSA) is 94.6 Å². The molecule has 3 rings (SSSR count). The number of benzene rings is 1. The van der Waals surface area contributed by atoms with Crippen molar-refractivity contribution in [1.82, 2.24) is 15.3 Å². The Bertz CT molecular complexity index is 1050. The van der Waals surface area contributed by atoms with E-state index in [0.717, 1.165) is 34.4 Å². The number of fused-ring (bicyclic) bond motifs is 1. The number of anilines is 1. The molecular formula is C23H28N4O4. The molecular weight excluding hydrogens is 396 g/mol. The van der Waals surface area contributed by atoms with Gasteiger partial charge in [-0.3, -0.25) is 9.78 Å². The van der Waals surface area contributed by atoms with Crippen LogP contribution in [0.25, 0.3) is 22.2 Å². The van der Waals surface area contributed by atoms with Gasteiger partial charge in [-0.2, -0.15) is 0 Å². The lowest BCUT2D eigenvalue weighted by atomic mass is 10.1. The summed E-state index contributed by atoms with van der Waals surface area (Å²) >= 11 is 0. The summed E-state index contributed by atoms with van der Waals surface area (Å²) in [4.78, 5) is 20.6. The maximum absolute atomic E-state index is 11.2. The van der Waals surface area contributed by atoms with Gasteiger partial charge in [0.2, 0.25) is 11.7 Å². The fourth-order valence-corrected chi connectivity index (χ4v) is 3.41. The van der Waals surface area contributed by atoms with Gasteiger partial charge in [0.1, 0.15) is 5.82 Å². The van der Waals surface area contributed by atoms with E-state index in [9.17, 15) is 4.79 Å². The van der Waals surface area contributed by atoms with Crippen LogP contribution < -0.4 is 24.8 Å². The summed E-state index contributed by atoms with van der Waals surface area (Å²) in [6.45, 7) is 4.14. The third-order valence-electron chi connectivity index (χ3n) is 4.88. The van der Waals surface area contributed by atoms with E-state index in [1.807, 2.05) is 37.3 Å². The van der Waals surface area contributed by atoms with E-state index in [0.29, 0.717) is 23.8 Å². The number of nitrogens with zero attached hydrogens (tertiary/aromatic N) is 2. The molecule has 8 nitrogen and oxygen atoms in total. The van der Waals surface area contributed by atoms with Crippen LogP contribution in [0, 0.1) is 0 Å². The number of amides is 1. The van der Waals surface area contributed by atoms with E-state index in [-0.39, 0.29) is 11.9 Å². The molecule has 164 valence electrons. The molecule has 2 heterocycles. The zero-order valence-corrected chi connectivity index (χ0v) is 18.5. The van der Waals surface area contributed by atoms with Crippen LogP contribution in [0.4, 0.5) is 5.82 Å². The van der Waals surface area contributed by atoms with Crippen molar-refractivity contribution in [3.8, 4) is 28.5 Å². The van der Waals surface area contributed by atoms with Crippen LogP contribution >= 0.6 is 0 Å². The van der Waals surface area contributed by atoms with E-state index in [4.69, 9.17) is 19.2 Å². The molecule has 0 bridgehead atoms. The number of pyridine rings is 2. The maximum atomic E-state index is 11.2. The number of ether oxygens (including phenoxy) is 3. The first kappa shape index (κ1) is 22.1. The van der Waals surface area contributed by atoms with Crippen molar-refractivity contribution in [2.75, 3.05) is 33.2 Å². The van der Waals surface area contributed by atoms with Crippen molar-refractivity contribution in [2.24, 2.45) is 0 Å². The van der Waals surface area contributed by atoms with Crippen LogP contribution in [0.1, 0.15) is 20.3 Å². The molecule has 0 radical (unpaired) electrons. The molecule has 0 aliphatic carbocycles. The molecule has 1 amide bonds. The van der Waals surface area contributed by atoms with Gasteiger partial charge in [-0.05, 0) is 43.7 Å². The van der Waals surface area contributed by atoms with Gasteiger partial charge in [0, 0.05) is 36.7 Å². The predicted octanol–water partition coefficient (Wildman–Crippen LogP) is 3.65. The average Bonchev–Trinajstić information content (AvgIpc) is 2.77. The average molecular weight is 425 g/mol. The summed E-state index contributed by atoms with van der Waals surface area (Å²) in [6.07, 6.45) is 2.52. The molecule has 0 fully saturated rings. The van der Waals surface area contributed by atoms with E-state index < -0.39 is 0 Å². The van der Waals surface area contributed by atoms with Crippen LogP contribution in [-0.4, -0.2) is 49.8 Å². The first-order valence-corrected chi connectivity index (χ1v) is 10.0. The monoisotopic (exact) mass is 424 g/mol. The van der Waals surface area contributed by atoms with E-state index in [2.05, 4.69) is 15.6 Å². The third-order valence-corrected chi connectivity index (χ3v) is 4.88. The Morgan fingerprint density at radius 2 is 1.81 bits per heavy atom. The molecule has 2 N–H and O–H groups in total. The van der Waals surface area contributed by atoms with Crippen molar-refractivity contribution in [3.63, 3.8) is 0 Å². The highest BCUT2D eigenvalue weighted by Crippen LogP contribution is 2.41. The summed E-state index contributed by atoms with van der Waals surface area (Å²) in [6, 6.07) is 9.58. The van der Waals surface area contributed by atoms with Crippen molar-refractivity contribution >= 4 is 22.6 Å². The van der Waals surface area contributed by atoms with Crippen molar-refractivity contribution in [3.05, 3.63) is 36.5 Å². The summed E-state index contributed by atoms with van der Waals surface area (Å²) in [5, 5.41) is 7.20. The smallest absolute Gasteiger partial charge is 0.217 e. The molecule has 0 aliphatic rings. The van der Waals surface area contributed by atoms with Gasteiger partial charge in [-0.15, -0.1) is 0 Å². The van der Waals surface area contributed by atoms with Gasteiger partial charge >= 0.3 is 0 Å². The molecule has 2 aromatic heterocycles. The largest absolute Gasteiger partial charge is 0.493 e. The van der Waals surface area contributed by atoms with E-state index in [1.165, 1.54) is 6.92 Å². The zero-order valence-electron chi connectivity index (χ0n) is 18.5. The Morgan fingerprint density at radius 3 is 2.42 bits per heavy atom. The van der Waals surface area contributed by atoms with Crippen molar-refractivity contribution in [1.29, 1.82) is 0 Å². The van der Waals surface area contributed by atoms with Crippen molar-refractivity contribution < 1.29 is 19.0 Å². The first-order valence-electron chi connectivity index (χ1n) is 10.0. The number of carbonyl (C=O) groups is 1. The molecule has 0 saturated heterocycles. The molecule has 1 aromatic carbocycles. The second kappa shape index (κ2) is 9.97. The predicted molar refractivity (Wildman–Crippen MR) is 121 cm³/mol. The molecule has 31 heavy (non-hydrogen) atoms. The Morgan fingerprint density at radius 1 is 1.10 bits per heavy atom. The van der Waals surface area contributed by atoms with Gasteiger partial charge in [0.05, 0.1) is 32.5 Å². The summed E-state index contributed by atoms with van der Waals surface area (Å²) < 4.78 is 16.4. The summed E-state index contributed by atoms with van der Waals surface area (Å²) in [5.41, 5.74) is 2.36. The zero-order chi connectivity index (χ0) is 22.4. The number of nitrogens with one attached hydrogen (secondary N) is 2. The number of hydrogen-bond acceptors (Lipinski definition) is 7. The summed E-state index contributed by atoms with van der Waals surface area (Å²) in [5.74, 6) is 2.32. The molecule has 0 aliphatic heterocycles. The second-order valence-corrected chi connectivity index (χ2v) is 7.16. The minimum Gasteiger partial charge on any atom is -0.493 e. The number of aromatic nitrogens is 2. The molecule has 8 heteroatoms. The van der Waals surface area contributed by atoms with E-state index in [1.54, 1.807) is 27.5 Å². The Kier molecular flexibility index (Phi) is 7.12. The molecule has 3 aromatic rings. The third kappa shape index (κ3) is 5.14. The van der Waals surface area contributed by atoms with Gasteiger partial charge in [-0.25, -0.2) is 4.98 Å². The van der Waals surface area contributed by atoms with Crippen LogP contribution in [0.3, 0.4) is 0 Å². The number of carbonyl (C=O) groups excluding carboxylic acids is 1. The Labute approximate surface area is 181 Å². The minimum atomic E-state index is -0.0373. The fourth-order valence-electron chi connectivity index (χ4n) is 3.41. The minimum absolute atomic E-state index is 0.0373. The van der Waals surface area contributed by atoms with Gasteiger partial charge in [0.25, 0.3) is 0 Å². The Hall–Kier alpha value is -3.55.